The lowest BCUT2D eigenvalue weighted by atomic mass is 10.2. The van der Waals surface area contributed by atoms with E-state index in [9.17, 15) is 13.2 Å². The molecule has 8 heteroatoms. The second-order valence-corrected chi connectivity index (χ2v) is 9.20. The van der Waals surface area contributed by atoms with E-state index >= 15 is 0 Å². The predicted octanol–water partition coefficient (Wildman–Crippen LogP) is 4.28. The summed E-state index contributed by atoms with van der Waals surface area (Å²) in [4.78, 5) is 15.7. The van der Waals surface area contributed by atoms with Crippen LogP contribution in [0.25, 0.3) is 6.08 Å². The molecule has 0 bridgehead atoms. The molecule has 1 amide bonds. The Balaban J connectivity index is 2.41. The van der Waals surface area contributed by atoms with E-state index in [0.29, 0.717) is 18.8 Å². The Bertz CT molecular complexity index is 930. The summed E-state index contributed by atoms with van der Waals surface area (Å²) in [5, 5.41) is 4.81. The van der Waals surface area contributed by atoms with Gasteiger partial charge in [-0.2, -0.15) is 4.31 Å². The van der Waals surface area contributed by atoms with Gasteiger partial charge in [-0.1, -0.05) is 19.9 Å². The van der Waals surface area contributed by atoms with Crippen molar-refractivity contribution in [2.75, 3.05) is 36.4 Å². The Hall–Kier alpha value is -2.16. The number of carbonyl (C=O) groups is 1. The number of amides is 1. The van der Waals surface area contributed by atoms with Gasteiger partial charge in [0.05, 0.1) is 16.3 Å². The third kappa shape index (κ3) is 5.68. The molecule has 29 heavy (non-hydrogen) atoms. The summed E-state index contributed by atoms with van der Waals surface area (Å²) in [5.74, 6) is -0.302. The first-order chi connectivity index (χ1) is 13.9. The Kier molecular flexibility index (Phi) is 8.43. The average Bonchev–Trinajstić information content (AvgIpc) is 3.22. The van der Waals surface area contributed by atoms with E-state index in [0.717, 1.165) is 23.7 Å². The van der Waals surface area contributed by atoms with Crippen LogP contribution >= 0.6 is 11.3 Å². The second-order valence-electron chi connectivity index (χ2n) is 6.28. The lowest BCUT2D eigenvalue weighted by molar-refractivity contribution is -0.111. The smallest absolute Gasteiger partial charge is 0.248 e. The largest absolute Gasteiger partial charge is 0.370 e. The molecule has 0 saturated carbocycles. The molecule has 0 unspecified atom stereocenters. The number of benzene rings is 1. The van der Waals surface area contributed by atoms with Crippen molar-refractivity contribution in [3.63, 3.8) is 0 Å². The Morgan fingerprint density at radius 3 is 2.31 bits per heavy atom. The highest BCUT2D eigenvalue weighted by Gasteiger charge is 2.23. The zero-order valence-electron chi connectivity index (χ0n) is 17.4. The molecule has 158 valence electrons. The second kappa shape index (κ2) is 10.6. The van der Waals surface area contributed by atoms with Crippen LogP contribution in [0.3, 0.4) is 0 Å². The van der Waals surface area contributed by atoms with Crippen molar-refractivity contribution in [2.45, 2.75) is 32.6 Å². The minimum Gasteiger partial charge on any atom is -0.370 e. The van der Waals surface area contributed by atoms with Crippen molar-refractivity contribution in [1.82, 2.24) is 4.31 Å². The predicted molar refractivity (Wildman–Crippen MR) is 122 cm³/mol. The van der Waals surface area contributed by atoms with E-state index in [1.165, 1.54) is 10.4 Å². The fraction of sp³-hybridized carbons (Fsp3) is 0.381. The van der Waals surface area contributed by atoms with Crippen LogP contribution in [-0.4, -0.2) is 44.8 Å². The maximum atomic E-state index is 12.9. The molecule has 2 rings (SSSR count). The Labute approximate surface area is 177 Å². The molecular weight excluding hydrogens is 406 g/mol. The van der Waals surface area contributed by atoms with Crippen LogP contribution in [-0.2, 0) is 14.8 Å². The van der Waals surface area contributed by atoms with Gasteiger partial charge in [0.1, 0.15) is 0 Å². The molecule has 2 aromatic rings. The molecule has 1 N–H and O–H groups in total. The number of sulfonamides is 1. The van der Waals surface area contributed by atoms with Gasteiger partial charge in [0.2, 0.25) is 15.9 Å². The SMILES string of the molecule is CCN(CC)c1ccc(S(=O)(=O)N(CC)CC)cc1NC(=O)/C=C/c1cccs1. The summed E-state index contributed by atoms with van der Waals surface area (Å²) in [6.45, 7) is 9.92. The summed E-state index contributed by atoms with van der Waals surface area (Å²) in [7, 11) is -3.62. The third-order valence-corrected chi connectivity index (χ3v) is 7.50. The zero-order chi connectivity index (χ0) is 21.4. The summed E-state index contributed by atoms with van der Waals surface area (Å²) in [6, 6.07) is 8.77. The fourth-order valence-corrected chi connectivity index (χ4v) is 5.15. The van der Waals surface area contributed by atoms with E-state index < -0.39 is 10.0 Å². The molecular formula is C21H29N3O3S2. The molecule has 0 spiro atoms. The van der Waals surface area contributed by atoms with E-state index in [-0.39, 0.29) is 10.8 Å². The van der Waals surface area contributed by atoms with E-state index in [1.54, 1.807) is 35.6 Å². The maximum Gasteiger partial charge on any atom is 0.248 e. The molecule has 0 saturated heterocycles. The van der Waals surface area contributed by atoms with Gasteiger partial charge in [0, 0.05) is 37.1 Å². The first-order valence-corrected chi connectivity index (χ1v) is 12.1. The van der Waals surface area contributed by atoms with Crippen molar-refractivity contribution in [3.05, 3.63) is 46.7 Å². The van der Waals surface area contributed by atoms with Crippen LogP contribution in [0.4, 0.5) is 11.4 Å². The minimum atomic E-state index is -3.62. The Morgan fingerprint density at radius 1 is 1.07 bits per heavy atom. The molecule has 1 aromatic heterocycles. The highest BCUT2D eigenvalue weighted by atomic mass is 32.2. The number of hydrogen-bond donors (Lipinski definition) is 1. The van der Waals surface area contributed by atoms with Gasteiger partial charge in [0.25, 0.3) is 0 Å². The first-order valence-electron chi connectivity index (χ1n) is 9.78. The maximum absolute atomic E-state index is 12.9. The summed E-state index contributed by atoms with van der Waals surface area (Å²) < 4.78 is 27.2. The lowest BCUT2D eigenvalue weighted by Crippen LogP contribution is -2.31. The Morgan fingerprint density at radius 2 is 1.76 bits per heavy atom. The molecule has 0 aliphatic rings. The van der Waals surface area contributed by atoms with Gasteiger partial charge < -0.3 is 10.2 Å². The van der Waals surface area contributed by atoms with Crippen molar-refractivity contribution in [3.8, 4) is 0 Å². The van der Waals surface area contributed by atoms with Gasteiger partial charge in [-0.05, 0) is 49.6 Å². The molecule has 1 aromatic carbocycles. The number of carbonyl (C=O) groups excluding carboxylic acids is 1. The standard InChI is InChI=1S/C21H29N3O3S2/c1-5-23(6-2)20-13-12-18(29(26,27)24(7-3)8-4)16-19(20)22-21(25)14-11-17-10-9-15-28-17/h9-16H,5-8H2,1-4H3,(H,22,25)/b14-11+. The molecule has 0 fully saturated rings. The molecule has 0 radical (unpaired) electrons. The first kappa shape index (κ1) is 23.1. The molecule has 0 aliphatic heterocycles. The van der Waals surface area contributed by atoms with Gasteiger partial charge >= 0.3 is 0 Å². The normalized spacial score (nSPS) is 11.9. The summed E-state index contributed by atoms with van der Waals surface area (Å²) in [5.41, 5.74) is 1.29. The number of nitrogens with one attached hydrogen (secondary N) is 1. The molecule has 0 atom stereocenters. The topological polar surface area (TPSA) is 69.7 Å². The summed E-state index contributed by atoms with van der Waals surface area (Å²) in [6.07, 6.45) is 3.21. The van der Waals surface area contributed by atoms with Crippen LogP contribution in [0.5, 0.6) is 0 Å². The minimum absolute atomic E-state index is 0.176. The molecule has 6 nitrogen and oxygen atoms in total. The van der Waals surface area contributed by atoms with Crippen molar-refractivity contribution in [1.29, 1.82) is 0 Å². The van der Waals surface area contributed by atoms with Gasteiger partial charge in [0.15, 0.2) is 0 Å². The third-order valence-electron chi connectivity index (χ3n) is 4.62. The van der Waals surface area contributed by atoms with E-state index in [4.69, 9.17) is 0 Å². The van der Waals surface area contributed by atoms with Gasteiger partial charge in [-0.15, -0.1) is 11.3 Å². The molecule has 0 aliphatic carbocycles. The van der Waals surface area contributed by atoms with Gasteiger partial charge in [-0.25, -0.2) is 8.42 Å². The molecule has 1 heterocycles. The summed E-state index contributed by atoms with van der Waals surface area (Å²) >= 11 is 1.54. The number of anilines is 2. The van der Waals surface area contributed by atoms with Crippen molar-refractivity contribution >= 4 is 44.7 Å². The highest BCUT2D eigenvalue weighted by molar-refractivity contribution is 7.89. The van der Waals surface area contributed by atoms with Gasteiger partial charge in [-0.3, -0.25) is 4.79 Å². The van der Waals surface area contributed by atoms with Crippen molar-refractivity contribution in [2.24, 2.45) is 0 Å². The monoisotopic (exact) mass is 435 g/mol. The van der Waals surface area contributed by atoms with E-state index in [2.05, 4.69) is 10.2 Å². The van der Waals surface area contributed by atoms with Crippen LogP contribution < -0.4 is 10.2 Å². The number of nitrogens with zero attached hydrogens (tertiary/aromatic N) is 2. The number of thiophene rings is 1. The van der Waals surface area contributed by atoms with Crippen LogP contribution in [0.1, 0.15) is 32.6 Å². The highest BCUT2D eigenvalue weighted by Crippen LogP contribution is 2.30. The number of rotatable bonds is 10. The number of hydrogen-bond acceptors (Lipinski definition) is 5. The van der Waals surface area contributed by atoms with Crippen LogP contribution in [0.2, 0.25) is 0 Å². The van der Waals surface area contributed by atoms with Crippen LogP contribution in [0.15, 0.2) is 46.7 Å². The lowest BCUT2D eigenvalue weighted by Gasteiger charge is -2.25. The van der Waals surface area contributed by atoms with Crippen LogP contribution in [0, 0.1) is 0 Å². The quantitative estimate of drug-likeness (QED) is 0.566. The van der Waals surface area contributed by atoms with E-state index in [1.807, 2.05) is 45.2 Å². The zero-order valence-corrected chi connectivity index (χ0v) is 19.0. The fourth-order valence-electron chi connectivity index (χ4n) is 3.05. The average molecular weight is 436 g/mol. The van der Waals surface area contributed by atoms with Crippen molar-refractivity contribution < 1.29 is 13.2 Å².